The number of Topliss-reactive ketones (excluding diaryl/α,β-unsaturated/α-hetero) is 2. The average Bonchev–Trinajstić information content (AvgIpc) is 2.19. The number of carbonyl (C=O) groups is 2. The fraction of sp³-hybridized carbons (Fsp3) is 0.800. The second kappa shape index (κ2) is 5.51. The summed E-state index contributed by atoms with van der Waals surface area (Å²) in [5.41, 5.74) is 0. The minimum Gasteiger partial charge on any atom is -0.372 e. The molecule has 14 heavy (non-hydrogen) atoms. The molecule has 0 amide bonds. The topological polar surface area (TPSA) is 43.4 Å². The van der Waals surface area contributed by atoms with E-state index in [0.717, 1.165) is 11.5 Å². The summed E-state index contributed by atoms with van der Waals surface area (Å²) >= 11 is 0. The molecule has 1 aliphatic heterocycles. The first-order chi connectivity index (χ1) is 6.66. The molecule has 1 rings (SSSR count). The van der Waals surface area contributed by atoms with Crippen molar-refractivity contribution < 1.29 is 14.3 Å². The van der Waals surface area contributed by atoms with E-state index >= 15 is 0 Å². The van der Waals surface area contributed by atoms with E-state index in [1.807, 2.05) is 6.92 Å². The first kappa shape index (κ1) is 11.7. The minimum absolute atomic E-state index is 0.0297. The molecule has 1 atom stereocenters. The third-order valence-electron chi connectivity index (χ3n) is 2.32. The minimum atomic E-state index is -0.344. The molecule has 3 nitrogen and oxygen atoms in total. The van der Waals surface area contributed by atoms with Crippen molar-refractivity contribution in [2.75, 3.05) is 24.7 Å². The summed E-state index contributed by atoms with van der Waals surface area (Å²) in [6.07, 6.45) is 0.467. The van der Waals surface area contributed by atoms with Crippen LogP contribution in [0.2, 0.25) is 0 Å². The van der Waals surface area contributed by atoms with Crippen LogP contribution in [0.25, 0.3) is 0 Å². The maximum absolute atomic E-state index is 11.6. The number of ketones is 2. The fourth-order valence-electron chi connectivity index (χ4n) is 1.60. The summed E-state index contributed by atoms with van der Waals surface area (Å²) in [7, 11) is -0.0666. The lowest BCUT2D eigenvalue weighted by molar-refractivity contribution is -0.125. The van der Waals surface area contributed by atoms with Crippen LogP contribution in [0.5, 0.6) is 0 Å². The zero-order valence-electron chi connectivity index (χ0n) is 8.75. The quantitative estimate of drug-likeness (QED) is 0.511. The summed E-state index contributed by atoms with van der Waals surface area (Å²) in [6.45, 7) is 4.75. The molecule has 0 saturated carbocycles. The molecule has 1 aliphatic rings. The van der Waals surface area contributed by atoms with E-state index in [2.05, 4.69) is 0 Å². The van der Waals surface area contributed by atoms with E-state index < -0.39 is 0 Å². The largest absolute Gasteiger partial charge is 0.372 e. The molecule has 0 spiro atoms. The Bertz CT molecular complexity index is 221. The van der Waals surface area contributed by atoms with Crippen LogP contribution in [0.15, 0.2) is 0 Å². The first-order valence-electron chi connectivity index (χ1n) is 4.94. The lowest BCUT2D eigenvalue weighted by Crippen LogP contribution is -2.43. The maximum Gasteiger partial charge on any atom is 0.233 e. The van der Waals surface area contributed by atoms with Gasteiger partial charge in [-0.2, -0.15) is 0 Å². The van der Waals surface area contributed by atoms with Crippen LogP contribution in [0.1, 0.15) is 20.3 Å². The van der Waals surface area contributed by atoms with Crippen LogP contribution in [0.3, 0.4) is 0 Å². The molecule has 0 aromatic heterocycles. The Labute approximate surface area is 87.5 Å². The molecular formula is C10H17O3S+. The second-order valence-electron chi connectivity index (χ2n) is 3.37. The Kier molecular flexibility index (Phi) is 4.62. The number of hydrogen-bond acceptors (Lipinski definition) is 3. The van der Waals surface area contributed by atoms with E-state index in [0.29, 0.717) is 19.6 Å². The fourth-order valence-corrected chi connectivity index (χ4v) is 3.95. The highest BCUT2D eigenvalue weighted by Crippen LogP contribution is 2.14. The summed E-state index contributed by atoms with van der Waals surface area (Å²) in [4.78, 5) is 23.0. The van der Waals surface area contributed by atoms with Crippen molar-refractivity contribution in [3.05, 3.63) is 0 Å². The Morgan fingerprint density at radius 2 is 1.93 bits per heavy atom. The van der Waals surface area contributed by atoms with Crippen molar-refractivity contribution in [2.45, 2.75) is 25.5 Å². The number of carbonyl (C=O) groups excluding carboxylic acids is 2. The lowest BCUT2D eigenvalue weighted by atomic mass is 10.2. The number of hydrogen-bond donors (Lipinski definition) is 0. The molecule has 1 heterocycles. The van der Waals surface area contributed by atoms with E-state index in [4.69, 9.17) is 4.74 Å². The van der Waals surface area contributed by atoms with Gasteiger partial charge >= 0.3 is 0 Å². The standard InChI is InChI=1S/C10H17O3S/c1-3-9(12)10(8(2)11)14-6-4-13-5-7-14/h10H,3-7H2,1-2H3/q+1. The molecule has 80 valence electrons. The predicted molar refractivity (Wildman–Crippen MR) is 57.7 cm³/mol. The third kappa shape index (κ3) is 2.82. The van der Waals surface area contributed by atoms with E-state index in [1.54, 1.807) is 0 Å². The van der Waals surface area contributed by atoms with Crippen LogP contribution in [0, 0.1) is 0 Å². The van der Waals surface area contributed by atoms with Crippen LogP contribution in [-0.4, -0.2) is 41.5 Å². The molecule has 1 fully saturated rings. The highest BCUT2D eigenvalue weighted by atomic mass is 32.2. The molecule has 0 aromatic carbocycles. The molecule has 0 aliphatic carbocycles. The summed E-state index contributed by atoms with van der Waals surface area (Å²) in [5.74, 6) is 1.87. The normalized spacial score (nSPS) is 20.4. The molecule has 0 N–H and O–H groups in total. The Hall–Kier alpha value is -0.350. The molecule has 1 saturated heterocycles. The van der Waals surface area contributed by atoms with Gasteiger partial charge in [-0.05, 0) is 0 Å². The van der Waals surface area contributed by atoms with Gasteiger partial charge in [0.05, 0.1) is 13.2 Å². The van der Waals surface area contributed by atoms with Gasteiger partial charge in [0.15, 0.2) is 11.6 Å². The van der Waals surface area contributed by atoms with Crippen molar-refractivity contribution >= 4 is 22.5 Å². The molecule has 0 aromatic rings. The zero-order valence-corrected chi connectivity index (χ0v) is 9.56. The van der Waals surface area contributed by atoms with Gasteiger partial charge in [-0.3, -0.25) is 9.59 Å². The van der Waals surface area contributed by atoms with E-state index in [1.165, 1.54) is 6.92 Å². The summed E-state index contributed by atoms with van der Waals surface area (Å²) in [5, 5.41) is -0.344. The maximum atomic E-state index is 11.6. The van der Waals surface area contributed by atoms with Gasteiger partial charge in [0.2, 0.25) is 5.25 Å². The van der Waals surface area contributed by atoms with Gasteiger partial charge in [0.25, 0.3) is 0 Å². The second-order valence-corrected chi connectivity index (χ2v) is 5.73. The van der Waals surface area contributed by atoms with Crippen LogP contribution in [-0.2, 0) is 25.2 Å². The van der Waals surface area contributed by atoms with Crippen molar-refractivity contribution in [1.82, 2.24) is 0 Å². The van der Waals surface area contributed by atoms with E-state index in [9.17, 15) is 9.59 Å². The molecular weight excluding hydrogens is 200 g/mol. The highest BCUT2D eigenvalue weighted by Gasteiger charge is 2.40. The van der Waals surface area contributed by atoms with Crippen LogP contribution >= 0.6 is 0 Å². The average molecular weight is 217 g/mol. The van der Waals surface area contributed by atoms with Crippen molar-refractivity contribution in [1.29, 1.82) is 0 Å². The lowest BCUT2D eigenvalue weighted by Gasteiger charge is -2.19. The van der Waals surface area contributed by atoms with Crippen molar-refractivity contribution in [3.8, 4) is 0 Å². The Morgan fingerprint density at radius 1 is 1.36 bits per heavy atom. The highest BCUT2D eigenvalue weighted by molar-refractivity contribution is 7.99. The zero-order chi connectivity index (χ0) is 10.6. The van der Waals surface area contributed by atoms with Gasteiger partial charge < -0.3 is 4.74 Å². The van der Waals surface area contributed by atoms with Gasteiger partial charge in [-0.1, -0.05) is 6.92 Å². The van der Waals surface area contributed by atoms with Gasteiger partial charge in [0.1, 0.15) is 11.5 Å². The van der Waals surface area contributed by atoms with Crippen LogP contribution in [0.4, 0.5) is 0 Å². The number of rotatable bonds is 4. The third-order valence-corrected chi connectivity index (χ3v) is 4.97. The smallest absolute Gasteiger partial charge is 0.233 e. The molecule has 1 unspecified atom stereocenters. The van der Waals surface area contributed by atoms with E-state index in [-0.39, 0.29) is 27.7 Å². The summed E-state index contributed by atoms with van der Waals surface area (Å²) in [6, 6.07) is 0. The van der Waals surface area contributed by atoms with Crippen molar-refractivity contribution in [3.63, 3.8) is 0 Å². The molecule has 0 radical (unpaired) electrons. The van der Waals surface area contributed by atoms with Crippen LogP contribution < -0.4 is 0 Å². The van der Waals surface area contributed by atoms with Gasteiger partial charge in [-0.15, -0.1) is 0 Å². The SMILES string of the molecule is CCC(=O)C(C(C)=O)[S+]1CCOCC1. The predicted octanol–water partition coefficient (Wildman–Crippen LogP) is 0.572. The van der Waals surface area contributed by atoms with Gasteiger partial charge in [0, 0.05) is 24.2 Å². The Balaban J connectivity index is 2.65. The summed E-state index contributed by atoms with van der Waals surface area (Å²) < 4.78 is 5.23. The Morgan fingerprint density at radius 3 is 2.36 bits per heavy atom. The monoisotopic (exact) mass is 217 g/mol. The first-order valence-corrected chi connectivity index (χ1v) is 6.56. The number of ether oxygens (including phenoxy) is 1. The van der Waals surface area contributed by atoms with Gasteiger partial charge in [-0.25, -0.2) is 0 Å². The van der Waals surface area contributed by atoms with Crippen molar-refractivity contribution in [2.24, 2.45) is 0 Å². The molecule has 0 bridgehead atoms. The molecule has 4 heteroatoms.